The van der Waals surface area contributed by atoms with Crippen molar-refractivity contribution in [2.45, 2.75) is 46.1 Å². The lowest BCUT2D eigenvalue weighted by Crippen LogP contribution is -2.34. The second-order valence-corrected chi connectivity index (χ2v) is 5.37. The fraction of sp³-hybridized carbons (Fsp3) is 0.625. The zero-order valence-corrected chi connectivity index (χ0v) is 12.1. The van der Waals surface area contributed by atoms with Crippen LogP contribution in [0.3, 0.4) is 0 Å². The summed E-state index contributed by atoms with van der Waals surface area (Å²) in [5.74, 6) is 0.564. The van der Waals surface area contributed by atoms with Crippen LogP contribution < -0.4 is 10.6 Å². The van der Waals surface area contributed by atoms with Crippen LogP contribution in [0.5, 0.6) is 0 Å². The maximum absolute atomic E-state index is 6.14. The van der Waals surface area contributed by atoms with E-state index < -0.39 is 0 Å². The van der Waals surface area contributed by atoms with E-state index in [1.165, 1.54) is 18.5 Å². The van der Waals surface area contributed by atoms with E-state index in [9.17, 15) is 0 Å². The third kappa shape index (κ3) is 5.09. The topological polar surface area (TPSA) is 29.3 Å². The van der Waals surface area contributed by atoms with Gasteiger partial charge in [0.1, 0.15) is 0 Å². The first-order valence-electron chi connectivity index (χ1n) is 7.20. The van der Waals surface area contributed by atoms with Crippen molar-refractivity contribution in [1.29, 1.82) is 0 Å². The first kappa shape index (κ1) is 15.0. The molecule has 0 radical (unpaired) electrons. The summed E-state index contributed by atoms with van der Waals surface area (Å²) < 4.78 is 0. The lowest BCUT2D eigenvalue weighted by Gasteiger charge is -2.27. The summed E-state index contributed by atoms with van der Waals surface area (Å²) in [5.41, 5.74) is 7.47. The van der Waals surface area contributed by atoms with Crippen LogP contribution in [-0.2, 0) is 0 Å². The molecule has 1 aromatic carbocycles. The van der Waals surface area contributed by atoms with Crippen LogP contribution in [0.15, 0.2) is 30.3 Å². The first-order chi connectivity index (χ1) is 8.65. The highest BCUT2D eigenvalue weighted by Crippen LogP contribution is 2.15. The van der Waals surface area contributed by atoms with Gasteiger partial charge in [-0.25, -0.2) is 0 Å². The fourth-order valence-corrected chi connectivity index (χ4v) is 2.00. The second kappa shape index (κ2) is 8.15. The number of para-hydroxylation sites is 1. The number of unbranched alkanes of at least 4 members (excludes halogenated alkanes) is 1. The number of benzene rings is 1. The maximum atomic E-state index is 6.14. The summed E-state index contributed by atoms with van der Waals surface area (Å²) in [7, 11) is 0. The molecule has 0 aromatic heterocycles. The second-order valence-electron chi connectivity index (χ2n) is 5.37. The van der Waals surface area contributed by atoms with Gasteiger partial charge in [-0.3, -0.25) is 0 Å². The Balaban J connectivity index is 2.56. The molecular formula is C16H28N2. The summed E-state index contributed by atoms with van der Waals surface area (Å²) in [6, 6.07) is 11.0. The monoisotopic (exact) mass is 248 g/mol. The highest BCUT2D eigenvalue weighted by atomic mass is 15.1. The van der Waals surface area contributed by atoms with Crippen LogP contribution in [0.25, 0.3) is 0 Å². The van der Waals surface area contributed by atoms with Gasteiger partial charge in [-0.15, -0.1) is 0 Å². The average molecular weight is 248 g/mol. The Hall–Kier alpha value is -1.02. The van der Waals surface area contributed by atoms with Crippen LogP contribution in [-0.4, -0.2) is 19.1 Å². The highest BCUT2D eigenvalue weighted by molar-refractivity contribution is 5.45. The summed E-state index contributed by atoms with van der Waals surface area (Å²) >= 11 is 0. The van der Waals surface area contributed by atoms with Crippen LogP contribution >= 0.6 is 0 Å². The molecule has 0 spiro atoms. The van der Waals surface area contributed by atoms with Crippen molar-refractivity contribution in [1.82, 2.24) is 0 Å². The Bertz CT molecular complexity index is 308. The van der Waals surface area contributed by atoms with Crippen molar-refractivity contribution in [3.63, 3.8) is 0 Å². The van der Waals surface area contributed by atoms with Gasteiger partial charge in [0, 0.05) is 24.8 Å². The molecule has 1 atom stereocenters. The van der Waals surface area contributed by atoms with Crippen LogP contribution in [0.1, 0.15) is 40.0 Å². The van der Waals surface area contributed by atoms with E-state index in [1.807, 2.05) is 0 Å². The van der Waals surface area contributed by atoms with E-state index >= 15 is 0 Å². The molecule has 0 saturated heterocycles. The molecule has 0 amide bonds. The largest absolute Gasteiger partial charge is 0.371 e. The Morgan fingerprint density at radius 3 is 2.33 bits per heavy atom. The molecule has 0 aliphatic rings. The molecule has 1 unspecified atom stereocenters. The number of anilines is 1. The van der Waals surface area contributed by atoms with Crippen molar-refractivity contribution in [3.8, 4) is 0 Å². The maximum Gasteiger partial charge on any atom is 0.0366 e. The van der Waals surface area contributed by atoms with Gasteiger partial charge in [0.15, 0.2) is 0 Å². The van der Waals surface area contributed by atoms with E-state index in [0.717, 1.165) is 19.5 Å². The summed E-state index contributed by atoms with van der Waals surface area (Å²) in [6.07, 6.45) is 3.54. The molecule has 0 aliphatic heterocycles. The lowest BCUT2D eigenvalue weighted by atomic mass is 10.0. The average Bonchev–Trinajstić information content (AvgIpc) is 2.39. The molecule has 0 heterocycles. The number of hydrogen-bond donors (Lipinski definition) is 1. The predicted octanol–water partition coefficient (Wildman–Crippen LogP) is 3.67. The molecular weight excluding hydrogens is 220 g/mol. The molecule has 0 fully saturated rings. The molecule has 2 N–H and O–H groups in total. The molecule has 0 saturated carbocycles. The zero-order valence-electron chi connectivity index (χ0n) is 12.1. The van der Waals surface area contributed by atoms with Gasteiger partial charge in [0.2, 0.25) is 0 Å². The minimum Gasteiger partial charge on any atom is -0.371 e. The molecule has 18 heavy (non-hydrogen) atoms. The van der Waals surface area contributed by atoms with Gasteiger partial charge in [0.05, 0.1) is 0 Å². The summed E-state index contributed by atoms with van der Waals surface area (Å²) in [4.78, 5) is 2.46. The molecule has 2 heteroatoms. The van der Waals surface area contributed by atoms with Crippen molar-refractivity contribution >= 4 is 5.69 Å². The molecule has 1 aromatic rings. The van der Waals surface area contributed by atoms with Crippen molar-refractivity contribution < 1.29 is 0 Å². The summed E-state index contributed by atoms with van der Waals surface area (Å²) in [5, 5.41) is 0. The minimum atomic E-state index is 0.304. The van der Waals surface area contributed by atoms with E-state index in [1.54, 1.807) is 0 Å². The first-order valence-corrected chi connectivity index (χ1v) is 7.20. The van der Waals surface area contributed by atoms with Gasteiger partial charge >= 0.3 is 0 Å². The van der Waals surface area contributed by atoms with Crippen molar-refractivity contribution in [2.24, 2.45) is 11.7 Å². The Labute approximate surface area is 112 Å². The Kier molecular flexibility index (Phi) is 6.81. The molecule has 2 nitrogen and oxygen atoms in total. The standard InChI is InChI=1S/C16H28N2/c1-4-5-12-18(13-11-16(17)14(2)3)15-9-7-6-8-10-15/h6-10,14,16H,4-5,11-13,17H2,1-3H3. The van der Waals surface area contributed by atoms with Crippen molar-refractivity contribution in [3.05, 3.63) is 30.3 Å². The Morgan fingerprint density at radius 2 is 1.78 bits per heavy atom. The number of nitrogens with two attached hydrogens (primary N) is 1. The molecule has 102 valence electrons. The van der Waals surface area contributed by atoms with Gasteiger partial charge < -0.3 is 10.6 Å². The number of hydrogen-bond acceptors (Lipinski definition) is 2. The van der Waals surface area contributed by atoms with E-state index in [2.05, 4.69) is 56.0 Å². The zero-order chi connectivity index (χ0) is 13.4. The van der Waals surface area contributed by atoms with Gasteiger partial charge in [-0.05, 0) is 30.9 Å². The summed E-state index contributed by atoms with van der Waals surface area (Å²) in [6.45, 7) is 8.82. The van der Waals surface area contributed by atoms with Crippen LogP contribution in [0, 0.1) is 5.92 Å². The van der Waals surface area contributed by atoms with Crippen molar-refractivity contribution in [2.75, 3.05) is 18.0 Å². The highest BCUT2D eigenvalue weighted by Gasteiger charge is 2.11. The third-order valence-electron chi connectivity index (χ3n) is 3.49. The molecule has 0 aliphatic carbocycles. The normalized spacial score (nSPS) is 12.7. The van der Waals surface area contributed by atoms with Gasteiger partial charge in [-0.1, -0.05) is 45.4 Å². The van der Waals surface area contributed by atoms with E-state index in [-0.39, 0.29) is 0 Å². The lowest BCUT2D eigenvalue weighted by molar-refractivity contribution is 0.461. The SMILES string of the molecule is CCCCN(CCC(N)C(C)C)c1ccccc1. The van der Waals surface area contributed by atoms with Gasteiger partial charge in [-0.2, -0.15) is 0 Å². The van der Waals surface area contributed by atoms with E-state index in [4.69, 9.17) is 5.73 Å². The number of nitrogens with zero attached hydrogens (tertiary/aromatic N) is 1. The predicted molar refractivity (Wildman–Crippen MR) is 81.0 cm³/mol. The smallest absolute Gasteiger partial charge is 0.0366 e. The van der Waals surface area contributed by atoms with Crippen LogP contribution in [0.4, 0.5) is 5.69 Å². The number of rotatable bonds is 8. The minimum absolute atomic E-state index is 0.304. The van der Waals surface area contributed by atoms with Crippen LogP contribution in [0.2, 0.25) is 0 Å². The Morgan fingerprint density at radius 1 is 1.11 bits per heavy atom. The fourth-order valence-electron chi connectivity index (χ4n) is 2.00. The van der Waals surface area contributed by atoms with Gasteiger partial charge in [0.25, 0.3) is 0 Å². The molecule has 0 bridgehead atoms. The molecule has 1 rings (SSSR count). The third-order valence-corrected chi connectivity index (χ3v) is 3.49. The van der Waals surface area contributed by atoms with E-state index in [0.29, 0.717) is 12.0 Å². The quantitative estimate of drug-likeness (QED) is 0.760.